The summed E-state index contributed by atoms with van der Waals surface area (Å²) >= 11 is 0. The van der Waals surface area contributed by atoms with E-state index in [1.165, 1.54) is 0 Å². The largest absolute Gasteiger partial charge is 0.427 e. The van der Waals surface area contributed by atoms with Gasteiger partial charge in [-0.15, -0.1) is 0 Å². The molecule has 0 aliphatic carbocycles. The second-order valence-electron chi connectivity index (χ2n) is 3.10. The highest BCUT2D eigenvalue weighted by Crippen LogP contribution is 2.10. The second-order valence-corrected chi connectivity index (χ2v) is 3.10. The Labute approximate surface area is 84.9 Å². The predicted molar refractivity (Wildman–Crippen MR) is 55.9 cm³/mol. The maximum Gasteiger partial charge on any atom is 0.311 e. The summed E-state index contributed by atoms with van der Waals surface area (Å²) in [5.74, 6) is 0.455. The van der Waals surface area contributed by atoms with Gasteiger partial charge >= 0.3 is 5.97 Å². The number of para-hydroxylation sites is 1. The molecule has 0 unspecified atom stereocenters. The van der Waals surface area contributed by atoms with Crippen LogP contribution >= 0.6 is 0 Å². The van der Waals surface area contributed by atoms with Crippen LogP contribution in [0.4, 0.5) is 0 Å². The van der Waals surface area contributed by atoms with Gasteiger partial charge in [-0.1, -0.05) is 38.0 Å². The van der Waals surface area contributed by atoms with Crippen LogP contribution < -0.4 is 4.74 Å². The molecule has 0 amide bonds. The van der Waals surface area contributed by atoms with Gasteiger partial charge in [-0.05, 0) is 18.6 Å². The summed E-state index contributed by atoms with van der Waals surface area (Å²) in [4.78, 5) is 11.2. The zero-order valence-electron chi connectivity index (χ0n) is 8.24. The summed E-state index contributed by atoms with van der Waals surface area (Å²) in [7, 11) is 0. The van der Waals surface area contributed by atoms with Crippen molar-refractivity contribution in [1.29, 1.82) is 0 Å². The maximum absolute atomic E-state index is 11.2. The van der Waals surface area contributed by atoms with Crippen molar-refractivity contribution in [3.8, 4) is 5.75 Å². The molecular weight excluding hydrogens is 176 g/mol. The summed E-state index contributed by atoms with van der Waals surface area (Å²) in [5.41, 5.74) is 0. The number of unbranched alkanes of at least 4 members (excludes halogenated alkanes) is 2. The van der Waals surface area contributed by atoms with Crippen LogP contribution in [0.5, 0.6) is 5.75 Å². The number of esters is 1. The lowest BCUT2D eigenvalue weighted by atomic mass is 10.2. The minimum absolute atomic E-state index is 0.162. The monoisotopic (exact) mass is 191 g/mol. The first-order valence-corrected chi connectivity index (χ1v) is 4.88. The van der Waals surface area contributed by atoms with Crippen molar-refractivity contribution in [3.63, 3.8) is 0 Å². The SMILES string of the molecule is [CH2]CCCCC(=O)Oc1ccccc1. The predicted octanol–water partition coefficient (Wildman–Crippen LogP) is 2.99. The average molecular weight is 191 g/mol. The summed E-state index contributed by atoms with van der Waals surface area (Å²) in [6.07, 6.45) is 3.18. The molecule has 0 saturated carbocycles. The summed E-state index contributed by atoms with van der Waals surface area (Å²) in [6.45, 7) is 3.71. The normalized spacial score (nSPS) is 9.79. The molecule has 1 aromatic carbocycles. The standard InChI is InChI=1S/C12H15O2/c1-2-3-5-10-12(13)14-11-8-6-4-7-9-11/h4,6-9H,1-3,5,10H2. The Morgan fingerprint density at radius 1 is 1.21 bits per heavy atom. The van der Waals surface area contributed by atoms with E-state index in [2.05, 4.69) is 6.92 Å². The fourth-order valence-corrected chi connectivity index (χ4v) is 1.12. The lowest BCUT2D eigenvalue weighted by Crippen LogP contribution is -2.07. The molecule has 14 heavy (non-hydrogen) atoms. The van der Waals surface area contributed by atoms with Gasteiger partial charge < -0.3 is 4.74 Å². The van der Waals surface area contributed by atoms with Crippen LogP contribution in [-0.2, 0) is 4.79 Å². The second kappa shape index (κ2) is 6.19. The van der Waals surface area contributed by atoms with Crippen LogP contribution in [0.3, 0.4) is 0 Å². The molecule has 0 saturated heterocycles. The van der Waals surface area contributed by atoms with E-state index >= 15 is 0 Å². The fourth-order valence-electron chi connectivity index (χ4n) is 1.12. The molecule has 0 aliphatic heterocycles. The topological polar surface area (TPSA) is 26.3 Å². The Kier molecular flexibility index (Phi) is 4.76. The highest BCUT2D eigenvalue weighted by atomic mass is 16.5. The number of benzene rings is 1. The number of hydrogen-bond donors (Lipinski definition) is 0. The van der Waals surface area contributed by atoms with Gasteiger partial charge in [0.2, 0.25) is 0 Å². The van der Waals surface area contributed by atoms with Crippen LogP contribution in [0.2, 0.25) is 0 Å². The first kappa shape index (κ1) is 10.8. The van der Waals surface area contributed by atoms with Gasteiger partial charge in [0.1, 0.15) is 5.75 Å². The van der Waals surface area contributed by atoms with Gasteiger partial charge in [0.25, 0.3) is 0 Å². The molecule has 0 aliphatic rings. The van der Waals surface area contributed by atoms with E-state index in [9.17, 15) is 4.79 Å². The Morgan fingerprint density at radius 2 is 1.93 bits per heavy atom. The molecule has 2 heteroatoms. The van der Waals surface area contributed by atoms with Crippen molar-refractivity contribution in [2.45, 2.75) is 25.7 Å². The molecular formula is C12H15O2. The van der Waals surface area contributed by atoms with Crippen LogP contribution in [0.1, 0.15) is 25.7 Å². The molecule has 0 atom stereocenters. The molecule has 0 aromatic heterocycles. The summed E-state index contributed by atoms with van der Waals surface area (Å²) < 4.78 is 5.10. The lowest BCUT2D eigenvalue weighted by Gasteiger charge is -2.02. The van der Waals surface area contributed by atoms with Crippen LogP contribution in [0.15, 0.2) is 30.3 Å². The summed E-state index contributed by atoms with van der Waals surface area (Å²) in [6, 6.07) is 9.13. The van der Waals surface area contributed by atoms with Crippen molar-refractivity contribution in [1.82, 2.24) is 0 Å². The van der Waals surface area contributed by atoms with Crippen LogP contribution in [-0.4, -0.2) is 5.97 Å². The van der Waals surface area contributed by atoms with Crippen molar-refractivity contribution in [3.05, 3.63) is 37.3 Å². The zero-order valence-corrected chi connectivity index (χ0v) is 8.24. The minimum Gasteiger partial charge on any atom is -0.427 e. The molecule has 1 rings (SSSR count). The molecule has 0 bridgehead atoms. The van der Waals surface area contributed by atoms with Gasteiger partial charge in [-0.3, -0.25) is 4.79 Å². The quantitative estimate of drug-likeness (QED) is 0.406. The van der Waals surface area contributed by atoms with Crippen molar-refractivity contribution in [2.75, 3.05) is 0 Å². The van der Waals surface area contributed by atoms with E-state index in [1.807, 2.05) is 18.2 Å². The third-order valence-corrected chi connectivity index (χ3v) is 1.86. The van der Waals surface area contributed by atoms with Gasteiger partial charge in [-0.2, -0.15) is 0 Å². The van der Waals surface area contributed by atoms with E-state index < -0.39 is 0 Å². The number of carbonyl (C=O) groups is 1. The van der Waals surface area contributed by atoms with Crippen molar-refractivity contribution in [2.24, 2.45) is 0 Å². The lowest BCUT2D eigenvalue weighted by molar-refractivity contribution is -0.134. The highest BCUT2D eigenvalue weighted by molar-refractivity contribution is 5.72. The van der Waals surface area contributed by atoms with E-state index in [1.54, 1.807) is 12.1 Å². The smallest absolute Gasteiger partial charge is 0.311 e. The van der Waals surface area contributed by atoms with E-state index in [-0.39, 0.29) is 5.97 Å². The van der Waals surface area contributed by atoms with E-state index in [0.717, 1.165) is 19.3 Å². The van der Waals surface area contributed by atoms with Gasteiger partial charge in [-0.25, -0.2) is 0 Å². The van der Waals surface area contributed by atoms with Crippen molar-refractivity contribution >= 4 is 5.97 Å². The summed E-state index contributed by atoms with van der Waals surface area (Å²) in [5, 5.41) is 0. The Hall–Kier alpha value is -1.31. The number of rotatable bonds is 5. The maximum atomic E-state index is 11.2. The van der Waals surface area contributed by atoms with Gasteiger partial charge in [0, 0.05) is 6.42 Å². The number of carbonyl (C=O) groups excluding carboxylic acids is 1. The first-order chi connectivity index (χ1) is 6.83. The van der Waals surface area contributed by atoms with Crippen LogP contribution in [0, 0.1) is 6.92 Å². The third-order valence-electron chi connectivity index (χ3n) is 1.86. The third kappa shape index (κ3) is 4.08. The van der Waals surface area contributed by atoms with Gasteiger partial charge in [0.15, 0.2) is 0 Å². The zero-order chi connectivity index (χ0) is 10.2. The molecule has 0 fully saturated rings. The Bertz CT molecular complexity index is 267. The van der Waals surface area contributed by atoms with E-state index in [4.69, 9.17) is 4.74 Å². The minimum atomic E-state index is -0.162. The molecule has 2 nitrogen and oxygen atoms in total. The fraction of sp³-hybridized carbons (Fsp3) is 0.333. The molecule has 0 heterocycles. The molecule has 1 aromatic rings. The first-order valence-electron chi connectivity index (χ1n) is 4.88. The Balaban J connectivity index is 2.27. The number of ether oxygens (including phenoxy) is 1. The highest BCUT2D eigenvalue weighted by Gasteiger charge is 2.02. The van der Waals surface area contributed by atoms with Gasteiger partial charge in [0.05, 0.1) is 0 Å². The molecule has 0 N–H and O–H groups in total. The van der Waals surface area contributed by atoms with E-state index in [0.29, 0.717) is 12.2 Å². The molecule has 75 valence electrons. The molecule has 0 spiro atoms. The van der Waals surface area contributed by atoms with Crippen LogP contribution in [0.25, 0.3) is 0 Å². The number of hydrogen-bond acceptors (Lipinski definition) is 2. The van der Waals surface area contributed by atoms with Crippen molar-refractivity contribution < 1.29 is 9.53 Å². The average Bonchev–Trinajstić information content (AvgIpc) is 2.20. The molecule has 1 radical (unpaired) electrons. The Morgan fingerprint density at radius 3 is 2.57 bits per heavy atom.